The molecule has 216 valence electrons. The first-order valence-corrected chi connectivity index (χ1v) is 16.4. The van der Waals surface area contributed by atoms with Gasteiger partial charge in [0.15, 0.2) is 0 Å². The number of unbranched alkanes of at least 4 members (excludes halogenated alkanes) is 12. The molecule has 1 saturated heterocycles. The van der Waals surface area contributed by atoms with E-state index in [1.807, 2.05) is 5.06 Å². The SMILES string of the molecule is CCCCCCCCCCCCCCCC(=O)ON1CCNCC1c1ccccc1Sc1ccc(C)cc1C. The maximum absolute atomic E-state index is 12.8. The molecule has 0 bridgehead atoms. The number of nitrogens with one attached hydrogen (secondary N) is 1. The third kappa shape index (κ3) is 11.7. The first kappa shape index (κ1) is 31.7. The van der Waals surface area contributed by atoms with Crippen LogP contribution in [-0.4, -0.2) is 30.7 Å². The Bertz CT molecular complexity index is 979. The number of benzene rings is 2. The zero-order chi connectivity index (χ0) is 27.7. The molecule has 0 radical (unpaired) electrons. The highest BCUT2D eigenvalue weighted by Gasteiger charge is 2.29. The van der Waals surface area contributed by atoms with Crippen molar-refractivity contribution in [2.75, 3.05) is 19.6 Å². The third-order valence-corrected chi connectivity index (χ3v) is 9.00. The molecule has 3 rings (SSSR count). The van der Waals surface area contributed by atoms with Gasteiger partial charge in [0.2, 0.25) is 0 Å². The molecule has 0 aliphatic carbocycles. The van der Waals surface area contributed by atoms with Gasteiger partial charge >= 0.3 is 5.97 Å². The van der Waals surface area contributed by atoms with Crippen molar-refractivity contribution in [2.45, 2.75) is 126 Å². The molecule has 1 N–H and O–H groups in total. The third-order valence-electron chi connectivity index (χ3n) is 7.73. The van der Waals surface area contributed by atoms with Crippen LogP contribution in [0, 0.1) is 13.8 Å². The summed E-state index contributed by atoms with van der Waals surface area (Å²) in [5.74, 6) is -0.0931. The fraction of sp³-hybridized carbons (Fsp3) is 0.618. The number of hydrogen-bond acceptors (Lipinski definition) is 5. The lowest BCUT2D eigenvalue weighted by atomic mass is 10.0. The molecule has 0 spiro atoms. The second-order valence-corrected chi connectivity index (χ2v) is 12.3. The molecule has 4 nitrogen and oxygen atoms in total. The number of hydroxylamine groups is 2. The zero-order valence-electron chi connectivity index (χ0n) is 24.8. The minimum Gasteiger partial charge on any atom is -0.367 e. The van der Waals surface area contributed by atoms with Crippen molar-refractivity contribution in [2.24, 2.45) is 0 Å². The van der Waals surface area contributed by atoms with Crippen molar-refractivity contribution >= 4 is 17.7 Å². The monoisotopic (exact) mass is 552 g/mol. The molecule has 1 atom stereocenters. The fourth-order valence-electron chi connectivity index (χ4n) is 5.40. The molecule has 2 aromatic carbocycles. The lowest BCUT2D eigenvalue weighted by Crippen LogP contribution is -2.46. The van der Waals surface area contributed by atoms with Crippen LogP contribution in [0.2, 0.25) is 0 Å². The first-order chi connectivity index (χ1) is 19.1. The molecule has 5 heteroatoms. The Balaban J connectivity index is 1.38. The predicted molar refractivity (Wildman–Crippen MR) is 165 cm³/mol. The Kier molecular flexibility index (Phi) is 15.0. The van der Waals surface area contributed by atoms with Crippen LogP contribution in [0.3, 0.4) is 0 Å². The number of rotatable bonds is 18. The van der Waals surface area contributed by atoms with E-state index in [0.717, 1.165) is 25.9 Å². The second-order valence-electron chi connectivity index (χ2n) is 11.2. The van der Waals surface area contributed by atoms with Crippen LogP contribution in [0.5, 0.6) is 0 Å². The quantitative estimate of drug-likeness (QED) is 0.187. The number of carbonyl (C=O) groups excluding carboxylic acids is 1. The van der Waals surface area contributed by atoms with Crippen LogP contribution < -0.4 is 5.32 Å². The Labute approximate surface area is 242 Å². The molecule has 1 unspecified atom stereocenters. The average molecular weight is 553 g/mol. The van der Waals surface area contributed by atoms with E-state index in [1.54, 1.807) is 11.8 Å². The van der Waals surface area contributed by atoms with Gasteiger partial charge in [0.1, 0.15) is 0 Å². The summed E-state index contributed by atoms with van der Waals surface area (Å²) in [6, 6.07) is 15.2. The summed E-state index contributed by atoms with van der Waals surface area (Å²) in [4.78, 5) is 21.2. The van der Waals surface area contributed by atoms with Gasteiger partial charge < -0.3 is 10.2 Å². The highest BCUT2D eigenvalue weighted by molar-refractivity contribution is 7.99. The van der Waals surface area contributed by atoms with E-state index < -0.39 is 0 Å². The van der Waals surface area contributed by atoms with Crippen LogP contribution in [0.1, 0.15) is 120 Å². The van der Waals surface area contributed by atoms with Gasteiger partial charge in [-0.2, -0.15) is 0 Å². The van der Waals surface area contributed by atoms with Crippen molar-refractivity contribution in [1.29, 1.82) is 0 Å². The number of piperazine rings is 1. The summed E-state index contributed by atoms with van der Waals surface area (Å²) in [6.45, 7) is 8.89. The van der Waals surface area contributed by atoms with Gasteiger partial charge in [-0.05, 0) is 43.5 Å². The molecule has 1 fully saturated rings. The normalized spacial score (nSPS) is 15.9. The van der Waals surface area contributed by atoms with E-state index in [4.69, 9.17) is 4.84 Å². The molecule has 1 aliphatic rings. The Morgan fingerprint density at radius 3 is 2.18 bits per heavy atom. The Hall–Kier alpha value is -1.82. The highest BCUT2D eigenvalue weighted by atomic mass is 32.2. The van der Waals surface area contributed by atoms with Gasteiger partial charge in [0, 0.05) is 35.8 Å². The first-order valence-electron chi connectivity index (χ1n) is 15.6. The molecular weight excluding hydrogens is 500 g/mol. The second kappa shape index (κ2) is 18.5. The van der Waals surface area contributed by atoms with Crippen molar-refractivity contribution in [3.05, 3.63) is 59.2 Å². The van der Waals surface area contributed by atoms with Crippen molar-refractivity contribution in [3.8, 4) is 0 Å². The highest BCUT2D eigenvalue weighted by Crippen LogP contribution is 2.37. The smallest absolute Gasteiger partial charge is 0.325 e. The van der Waals surface area contributed by atoms with E-state index in [2.05, 4.69) is 68.6 Å². The summed E-state index contributed by atoms with van der Waals surface area (Å²) < 4.78 is 0. The Morgan fingerprint density at radius 2 is 1.51 bits per heavy atom. The number of hydrogen-bond donors (Lipinski definition) is 1. The summed E-state index contributed by atoms with van der Waals surface area (Å²) in [5, 5.41) is 5.42. The Morgan fingerprint density at radius 1 is 0.872 bits per heavy atom. The minimum absolute atomic E-state index is 0.0174. The van der Waals surface area contributed by atoms with Gasteiger partial charge in [-0.25, -0.2) is 0 Å². The van der Waals surface area contributed by atoms with Crippen LogP contribution in [-0.2, 0) is 9.63 Å². The molecule has 1 heterocycles. The van der Waals surface area contributed by atoms with Gasteiger partial charge in [-0.1, -0.05) is 132 Å². The number of aryl methyl sites for hydroxylation is 2. The molecule has 0 aromatic heterocycles. The lowest BCUT2D eigenvalue weighted by molar-refractivity contribution is -0.207. The minimum atomic E-state index is -0.0931. The van der Waals surface area contributed by atoms with Crippen LogP contribution in [0.15, 0.2) is 52.3 Å². The van der Waals surface area contributed by atoms with E-state index in [0.29, 0.717) is 13.0 Å². The van der Waals surface area contributed by atoms with Crippen LogP contribution in [0.25, 0.3) is 0 Å². The van der Waals surface area contributed by atoms with Crippen molar-refractivity contribution < 1.29 is 9.63 Å². The zero-order valence-corrected chi connectivity index (χ0v) is 25.6. The van der Waals surface area contributed by atoms with E-state index >= 15 is 0 Å². The van der Waals surface area contributed by atoms with Gasteiger partial charge in [-0.15, -0.1) is 5.06 Å². The van der Waals surface area contributed by atoms with Gasteiger partial charge in [0.25, 0.3) is 0 Å². The van der Waals surface area contributed by atoms with Gasteiger partial charge in [-0.3, -0.25) is 4.79 Å². The molecule has 0 saturated carbocycles. The van der Waals surface area contributed by atoms with Crippen LogP contribution >= 0.6 is 11.8 Å². The topological polar surface area (TPSA) is 41.6 Å². The predicted octanol–water partition coefficient (Wildman–Crippen LogP) is 9.34. The summed E-state index contributed by atoms with van der Waals surface area (Å²) in [6.07, 6.45) is 17.5. The molecular formula is C34H52N2O2S. The molecule has 2 aromatic rings. The fourth-order valence-corrected chi connectivity index (χ4v) is 6.47. The largest absolute Gasteiger partial charge is 0.367 e. The number of nitrogens with zero attached hydrogens (tertiary/aromatic N) is 1. The average Bonchev–Trinajstić information content (AvgIpc) is 2.93. The van der Waals surface area contributed by atoms with Crippen molar-refractivity contribution in [3.63, 3.8) is 0 Å². The van der Waals surface area contributed by atoms with E-state index in [9.17, 15) is 4.79 Å². The van der Waals surface area contributed by atoms with E-state index in [1.165, 1.54) is 97.1 Å². The maximum atomic E-state index is 12.8. The van der Waals surface area contributed by atoms with Crippen LogP contribution in [0.4, 0.5) is 0 Å². The molecule has 39 heavy (non-hydrogen) atoms. The maximum Gasteiger partial charge on any atom is 0.325 e. The lowest BCUT2D eigenvalue weighted by Gasteiger charge is -2.35. The molecule has 0 amide bonds. The summed E-state index contributed by atoms with van der Waals surface area (Å²) in [7, 11) is 0. The summed E-state index contributed by atoms with van der Waals surface area (Å²) in [5.41, 5.74) is 3.78. The summed E-state index contributed by atoms with van der Waals surface area (Å²) >= 11 is 1.80. The van der Waals surface area contributed by atoms with Gasteiger partial charge in [0.05, 0.1) is 6.04 Å². The number of carbonyl (C=O) groups is 1. The molecule has 1 aliphatic heterocycles. The van der Waals surface area contributed by atoms with Crippen molar-refractivity contribution in [1.82, 2.24) is 10.4 Å². The van der Waals surface area contributed by atoms with E-state index in [-0.39, 0.29) is 12.0 Å². The standard InChI is InChI=1S/C34H52N2O2S/c1-4-5-6-7-8-9-10-11-12-13-14-15-16-21-34(37)38-36-25-24-35-27-31(36)30-19-17-18-20-33(30)39-32-23-22-28(2)26-29(32)3/h17-20,22-23,26,31,35H,4-16,21,24-25,27H2,1-3H3.